The molecule has 0 spiro atoms. The topological polar surface area (TPSA) is 92.3 Å². The highest BCUT2D eigenvalue weighted by Gasteiger charge is 2.46. The fourth-order valence-electron chi connectivity index (χ4n) is 3.77. The molecule has 32 heavy (non-hydrogen) atoms. The molecule has 2 fully saturated rings. The summed E-state index contributed by atoms with van der Waals surface area (Å²) in [6.45, 7) is -0.540. The third kappa shape index (κ3) is 6.01. The maximum absolute atomic E-state index is 13.6. The minimum Gasteiger partial charge on any atom is -0.351 e. The Morgan fingerprint density at radius 1 is 1.06 bits per heavy atom. The molecule has 1 saturated carbocycles. The minimum absolute atomic E-state index is 0. The highest BCUT2D eigenvalue weighted by molar-refractivity contribution is 7.91. The van der Waals surface area contributed by atoms with Gasteiger partial charge in [-0.2, -0.15) is 26.3 Å². The minimum atomic E-state index is -5.07. The van der Waals surface area contributed by atoms with E-state index in [-0.39, 0.29) is 44.9 Å². The van der Waals surface area contributed by atoms with Gasteiger partial charge in [0.05, 0.1) is 23.0 Å². The van der Waals surface area contributed by atoms with E-state index in [9.17, 15) is 39.6 Å². The van der Waals surface area contributed by atoms with Crippen LogP contribution in [0, 0.1) is 5.92 Å². The molecule has 14 heteroatoms. The largest absolute Gasteiger partial charge is 0.434 e. The van der Waals surface area contributed by atoms with Gasteiger partial charge in [0.15, 0.2) is 15.5 Å². The maximum atomic E-state index is 13.6. The van der Waals surface area contributed by atoms with Crippen molar-refractivity contribution in [2.24, 2.45) is 5.92 Å². The van der Waals surface area contributed by atoms with E-state index < -0.39 is 57.3 Å². The van der Waals surface area contributed by atoms with Gasteiger partial charge in [-0.3, -0.25) is 4.79 Å². The molecule has 0 radical (unpaired) electrons. The molecule has 7 nitrogen and oxygen atoms in total. The fourth-order valence-corrected chi connectivity index (χ4v) is 4.97. The summed E-state index contributed by atoms with van der Waals surface area (Å²) in [5.74, 6) is -4.22. The molecule has 2 atom stereocenters. The molecule has 1 aliphatic carbocycles. The van der Waals surface area contributed by atoms with Crippen molar-refractivity contribution < 1.29 is 39.6 Å². The zero-order chi connectivity index (χ0) is 23.0. The van der Waals surface area contributed by atoms with Crippen LogP contribution in [0.25, 0.3) is 0 Å². The number of rotatable bonds is 3. The van der Waals surface area contributed by atoms with E-state index in [1.54, 1.807) is 0 Å². The normalized spacial score (nSPS) is 23.9. The lowest BCUT2D eigenvalue weighted by atomic mass is 9.84. The monoisotopic (exact) mass is 490 g/mol. The molecule has 0 bridgehead atoms. The van der Waals surface area contributed by atoms with Crippen LogP contribution in [-0.4, -0.2) is 66.0 Å². The second kappa shape index (κ2) is 9.40. The predicted octanol–water partition coefficient (Wildman–Crippen LogP) is 3.54. The molecule has 2 heterocycles. The third-order valence-corrected chi connectivity index (χ3v) is 7.03. The van der Waals surface area contributed by atoms with Crippen molar-refractivity contribution in [3.63, 3.8) is 0 Å². The lowest BCUT2D eigenvalue weighted by Crippen LogP contribution is -2.44. The van der Waals surface area contributed by atoms with Crippen molar-refractivity contribution in [1.29, 1.82) is 0 Å². The molecule has 1 aliphatic heterocycles. The first kappa shape index (κ1) is 26.1. The highest BCUT2D eigenvalue weighted by atomic mass is 32.2. The van der Waals surface area contributed by atoms with Gasteiger partial charge in [-0.25, -0.2) is 18.4 Å². The Morgan fingerprint density at radius 2 is 1.66 bits per heavy atom. The lowest BCUT2D eigenvalue weighted by molar-refractivity contribution is -0.184. The summed E-state index contributed by atoms with van der Waals surface area (Å²) in [7, 11) is -3.36. The van der Waals surface area contributed by atoms with Gasteiger partial charge in [0.2, 0.25) is 5.95 Å². The van der Waals surface area contributed by atoms with Crippen LogP contribution in [0.5, 0.6) is 0 Å². The average molecular weight is 490 g/mol. The second-order valence-corrected chi connectivity index (χ2v) is 9.88. The number of hydrogen-bond donors (Lipinski definition) is 1. The first-order chi connectivity index (χ1) is 14.3. The van der Waals surface area contributed by atoms with Crippen molar-refractivity contribution in [3.8, 4) is 0 Å². The molecule has 1 aromatic heterocycles. The summed E-state index contributed by atoms with van der Waals surface area (Å²) in [4.78, 5) is 20.5. The van der Waals surface area contributed by atoms with Crippen LogP contribution in [0.2, 0.25) is 0 Å². The number of amides is 1. The Morgan fingerprint density at radius 3 is 2.22 bits per heavy atom. The zero-order valence-corrected chi connectivity index (χ0v) is 16.9. The summed E-state index contributed by atoms with van der Waals surface area (Å²) < 4.78 is 103. The molecule has 182 valence electrons. The summed E-state index contributed by atoms with van der Waals surface area (Å²) >= 11 is 0. The number of nitrogens with one attached hydrogen (secondary N) is 1. The maximum Gasteiger partial charge on any atom is 0.434 e. The van der Waals surface area contributed by atoms with E-state index in [0.29, 0.717) is 19.0 Å². The predicted molar refractivity (Wildman–Crippen MR) is 104 cm³/mol. The van der Waals surface area contributed by atoms with Crippen molar-refractivity contribution in [2.75, 3.05) is 29.9 Å². The van der Waals surface area contributed by atoms with E-state index >= 15 is 0 Å². The van der Waals surface area contributed by atoms with E-state index in [1.165, 1.54) is 0 Å². The molecule has 1 aromatic rings. The Bertz CT molecular complexity index is 922. The highest BCUT2D eigenvalue weighted by Crippen LogP contribution is 2.39. The Balaban J connectivity index is 0.00000363. The number of halogens is 6. The number of alkyl halides is 6. The van der Waals surface area contributed by atoms with Crippen molar-refractivity contribution in [3.05, 3.63) is 17.5 Å². The van der Waals surface area contributed by atoms with Crippen LogP contribution in [0.15, 0.2) is 6.20 Å². The van der Waals surface area contributed by atoms with Crippen LogP contribution in [0.4, 0.5) is 32.3 Å². The van der Waals surface area contributed by atoms with Gasteiger partial charge >= 0.3 is 12.4 Å². The quantitative estimate of drug-likeness (QED) is 0.652. The van der Waals surface area contributed by atoms with Crippen LogP contribution < -0.4 is 5.32 Å². The van der Waals surface area contributed by atoms with Gasteiger partial charge in [0.25, 0.3) is 5.91 Å². The lowest BCUT2D eigenvalue weighted by Gasteiger charge is -2.33. The van der Waals surface area contributed by atoms with Crippen LogP contribution in [-0.2, 0) is 16.0 Å². The number of carbonyl (C=O) groups is 1. The third-order valence-electron chi connectivity index (χ3n) is 5.42. The van der Waals surface area contributed by atoms with E-state index in [4.69, 9.17) is 0 Å². The van der Waals surface area contributed by atoms with Gasteiger partial charge in [0.1, 0.15) is 0 Å². The first-order valence-corrected chi connectivity index (χ1v) is 11.4. The summed E-state index contributed by atoms with van der Waals surface area (Å²) in [5.41, 5.74) is -2.46. The molecular formula is C18H24F6N4O3S. The Labute approximate surface area is 181 Å². The average Bonchev–Trinajstić information content (AvgIpc) is 2.66. The molecule has 1 saturated heterocycles. The standard InChI is InChI=1S/C17H20F6N4O3S.CH4/c18-16(19,20)11-3-1-2-4-12(11)25-15-24-9-10(13(26-15)17(21,22)23)14(28)27-5-7-31(29,30)8-6-27;/h9,11-12H,1-8H2,(H,24,25,26);1H4/t11-,12+;/m0./s1. The molecular weight excluding hydrogens is 466 g/mol. The number of sulfone groups is 1. The van der Waals surface area contributed by atoms with E-state index in [2.05, 4.69) is 15.3 Å². The second-order valence-electron chi connectivity index (χ2n) is 7.58. The SMILES string of the molecule is C.O=C(c1cnc(N[C@@H]2CCCC[C@@H]2C(F)(F)F)nc1C(F)(F)F)N1CCS(=O)(=O)CC1. The van der Waals surface area contributed by atoms with Crippen molar-refractivity contribution >= 4 is 21.7 Å². The van der Waals surface area contributed by atoms with Gasteiger partial charge in [-0.05, 0) is 12.8 Å². The van der Waals surface area contributed by atoms with Gasteiger partial charge in [0, 0.05) is 25.3 Å². The van der Waals surface area contributed by atoms with Gasteiger partial charge in [-0.15, -0.1) is 0 Å². The Hall–Kier alpha value is -2.12. The van der Waals surface area contributed by atoms with Crippen molar-refractivity contribution in [1.82, 2.24) is 14.9 Å². The first-order valence-electron chi connectivity index (χ1n) is 9.55. The fraction of sp³-hybridized carbons (Fsp3) is 0.722. The Kier molecular flexibility index (Phi) is 7.67. The molecule has 2 aliphatic rings. The number of carbonyl (C=O) groups excluding carboxylic acids is 1. The zero-order valence-electron chi connectivity index (χ0n) is 16.1. The summed E-state index contributed by atoms with van der Waals surface area (Å²) in [6, 6.07) is -1.18. The summed E-state index contributed by atoms with van der Waals surface area (Å²) in [6.07, 6.45) is -8.19. The van der Waals surface area contributed by atoms with Gasteiger partial charge in [-0.1, -0.05) is 20.3 Å². The number of nitrogens with zero attached hydrogens (tertiary/aromatic N) is 3. The smallest absolute Gasteiger partial charge is 0.351 e. The molecule has 0 unspecified atom stereocenters. The van der Waals surface area contributed by atoms with E-state index in [1.807, 2.05) is 0 Å². The number of hydrogen-bond acceptors (Lipinski definition) is 6. The number of aromatic nitrogens is 2. The van der Waals surface area contributed by atoms with Crippen LogP contribution in [0.3, 0.4) is 0 Å². The van der Waals surface area contributed by atoms with Crippen LogP contribution >= 0.6 is 0 Å². The van der Waals surface area contributed by atoms with Crippen LogP contribution in [0.1, 0.15) is 49.2 Å². The van der Waals surface area contributed by atoms with Gasteiger partial charge < -0.3 is 10.2 Å². The molecule has 3 rings (SSSR count). The molecule has 1 N–H and O–H groups in total. The number of anilines is 1. The van der Waals surface area contributed by atoms with E-state index in [0.717, 1.165) is 4.90 Å². The van der Waals surface area contributed by atoms with Crippen molar-refractivity contribution in [2.45, 2.75) is 51.5 Å². The summed E-state index contributed by atoms with van der Waals surface area (Å²) in [5, 5.41) is 2.36. The molecule has 1 amide bonds. The molecule has 0 aromatic carbocycles.